The zero-order valence-electron chi connectivity index (χ0n) is 9.68. The molecule has 2 N–H and O–H groups in total. The van der Waals surface area contributed by atoms with E-state index in [9.17, 15) is 4.79 Å². The van der Waals surface area contributed by atoms with Crippen LogP contribution in [0.1, 0.15) is 19.5 Å². The predicted octanol–water partition coefficient (Wildman–Crippen LogP) is 1.20. The van der Waals surface area contributed by atoms with Gasteiger partial charge in [-0.15, -0.1) is 0 Å². The number of anilines is 1. The highest BCUT2D eigenvalue weighted by Crippen LogP contribution is 2.24. The Morgan fingerprint density at radius 1 is 1.47 bits per heavy atom. The lowest BCUT2D eigenvalue weighted by molar-refractivity contribution is -0.141. The number of hydrogen-bond donors (Lipinski definition) is 2. The van der Waals surface area contributed by atoms with Crippen molar-refractivity contribution in [1.82, 2.24) is 15.1 Å². The highest BCUT2D eigenvalue weighted by Gasteiger charge is 2.28. The summed E-state index contributed by atoms with van der Waals surface area (Å²) in [5, 5.41) is 16.3. The maximum absolute atomic E-state index is 11.0. The quantitative estimate of drug-likeness (QED) is 0.825. The number of fused-ring (bicyclic) bond motifs is 1. The molecule has 0 spiro atoms. The molecule has 0 aliphatic carbocycles. The molecule has 0 unspecified atom stereocenters. The van der Waals surface area contributed by atoms with Crippen molar-refractivity contribution >= 4 is 22.9 Å². The van der Waals surface area contributed by atoms with Crippen molar-refractivity contribution in [3.63, 3.8) is 0 Å². The van der Waals surface area contributed by atoms with Crippen LogP contribution < -0.4 is 5.32 Å². The van der Waals surface area contributed by atoms with E-state index in [0.717, 1.165) is 0 Å². The highest BCUT2D eigenvalue weighted by atomic mass is 16.5. The van der Waals surface area contributed by atoms with Crippen molar-refractivity contribution in [3.8, 4) is 0 Å². The molecular formula is C10H12N4O3. The van der Waals surface area contributed by atoms with Gasteiger partial charge in [-0.25, -0.2) is 9.78 Å². The van der Waals surface area contributed by atoms with Gasteiger partial charge >= 0.3 is 5.97 Å². The van der Waals surface area contributed by atoms with Crippen LogP contribution in [0, 0.1) is 6.92 Å². The van der Waals surface area contributed by atoms with Crippen LogP contribution in [0.25, 0.3) is 11.1 Å². The molecule has 0 fully saturated rings. The van der Waals surface area contributed by atoms with E-state index >= 15 is 0 Å². The van der Waals surface area contributed by atoms with Gasteiger partial charge in [0.15, 0.2) is 0 Å². The Morgan fingerprint density at radius 3 is 2.82 bits per heavy atom. The minimum atomic E-state index is -1.13. The summed E-state index contributed by atoms with van der Waals surface area (Å²) in [5.74, 6) is -0.570. The second-order valence-electron chi connectivity index (χ2n) is 4.23. The van der Waals surface area contributed by atoms with Crippen LogP contribution in [0.15, 0.2) is 10.9 Å². The third-order valence-electron chi connectivity index (χ3n) is 2.41. The number of carboxylic acids is 1. The Hall–Kier alpha value is -2.18. The molecule has 0 saturated heterocycles. The van der Waals surface area contributed by atoms with Gasteiger partial charge in [-0.05, 0) is 20.8 Å². The summed E-state index contributed by atoms with van der Waals surface area (Å²) >= 11 is 0. The molecule has 0 atom stereocenters. The summed E-state index contributed by atoms with van der Waals surface area (Å²) in [7, 11) is 0. The Kier molecular flexibility index (Phi) is 2.45. The molecule has 2 aromatic heterocycles. The molecule has 0 aromatic carbocycles. The van der Waals surface area contributed by atoms with Crippen LogP contribution in [0.5, 0.6) is 0 Å². The van der Waals surface area contributed by atoms with Crippen molar-refractivity contribution in [3.05, 3.63) is 12.0 Å². The zero-order chi connectivity index (χ0) is 12.6. The van der Waals surface area contributed by atoms with Crippen molar-refractivity contribution in [2.24, 2.45) is 0 Å². The molecule has 0 aliphatic rings. The summed E-state index contributed by atoms with van der Waals surface area (Å²) in [6.07, 6.45) is 1.30. The third kappa shape index (κ3) is 1.91. The molecule has 0 radical (unpaired) electrons. The number of nitrogens with one attached hydrogen (secondary N) is 1. The van der Waals surface area contributed by atoms with Crippen LogP contribution in [0.3, 0.4) is 0 Å². The molecular weight excluding hydrogens is 224 g/mol. The lowest BCUT2D eigenvalue weighted by Gasteiger charge is -2.21. The molecule has 0 aliphatic heterocycles. The Balaban J connectivity index is 2.49. The fourth-order valence-electron chi connectivity index (χ4n) is 1.37. The second-order valence-corrected chi connectivity index (χ2v) is 4.23. The van der Waals surface area contributed by atoms with E-state index in [1.54, 1.807) is 20.8 Å². The van der Waals surface area contributed by atoms with Crippen LogP contribution in [0.4, 0.5) is 5.82 Å². The molecule has 2 heterocycles. The number of aliphatic carboxylic acids is 1. The van der Waals surface area contributed by atoms with Crippen molar-refractivity contribution in [2.45, 2.75) is 26.3 Å². The SMILES string of the molecule is Cc1noc2ncnc(NC(C)(C)C(=O)O)c12. The number of aromatic nitrogens is 3. The maximum atomic E-state index is 11.0. The molecule has 2 aromatic rings. The molecule has 0 bridgehead atoms. The molecule has 90 valence electrons. The van der Waals surface area contributed by atoms with Gasteiger partial charge in [0, 0.05) is 0 Å². The average Bonchev–Trinajstić information content (AvgIpc) is 2.61. The van der Waals surface area contributed by atoms with Gasteiger partial charge in [-0.2, -0.15) is 4.98 Å². The standard InChI is InChI=1S/C10H12N4O3/c1-5-6-7(13-10(2,3)9(15)16)11-4-12-8(6)17-14-5/h4H,1-3H3,(H,15,16)(H,11,12,13). The van der Waals surface area contributed by atoms with Crippen LogP contribution >= 0.6 is 0 Å². The summed E-state index contributed by atoms with van der Waals surface area (Å²) < 4.78 is 4.98. The monoisotopic (exact) mass is 236 g/mol. The number of carbonyl (C=O) groups is 1. The first-order valence-corrected chi connectivity index (χ1v) is 5.00. The second kappa shape index (κ2) is 3.69. The molecule has 0 saturated carbocycles. The first-order chi connectivity index (χ1) is 7.92. The number of rotatable bonds is 3. The molecule has 0 amide bonds. The number of nitrogens with zero attached hydrogens (tertiary/aromatic N) is 3. The Morgan fingerprint density at radius 2 is 2.18 bits per heavy atom. The summed E-state index contributed by atoms with van der Waals surface area (Å²) in [6.45, 7) is 4.84. The summed E-state index contributed by atoms with van der Waals surface area (Å²) in [6, 6.07) is 0. The number of carboxylic acid groups (broad SMARTS) is 1. The molecule has 7 nitrogen and oxygen atoms in total. The average molecular weight is 236 g/mol. The zero-order valence-corrected chi connectivity index (χ0v) is 9.68. The van der Waals surface area contributed by atoms with Gasteiger partial charge in [0.25, 0.3) is 5.71 Å². The van der Waals surface area contributed by atoms with Crippen molar-refractivity contribution < 1.29 is 14.4 Å². The Labute approximate surface area is 96.8 Å². The van der Waals surface area contributed by atoms with Gasteiger partial charge in [-0.1, -0.05) is 5.16 Å². The van der Waals surface area contributed by atoms with E-state index in [-0.39, 0.29) is 0 Å². The molecule has 2 rings (SSSR count). The number of hydrogen-bond acceptors (Lipinski definition) is 6. The van der Waals surface area contributed by atoms with E-state index in [1.807, 2.05) is 0 Å². The Bertz CT molecular complexity index is 576. The summed E-state index contributed by atoms with van der Waals surface area (Å²) in [4.78, 5) is 19.0. The smallest absolute Gasteiger partial charge is 0.328 e. The molecule has 17 heavy (non-hydrogen) atoms. The van der Waals surface area contributed by atoms with E-state index in [2.05, 4.69) is 20.4 Å². The normalized spacial score (nSPS) is 11.7. The van der Waals surface area contributed by atoms with E-state index < -0.39 is 11.5 Å². The fourth-order valence-corrected chi connectivity index (χ4v) is 1.37. The minimum absolute atomic E-state index is 0.334. The van der Waals surface area contributed by atoms with Crippen LogP contribution in [-0.4, -0.2) is 31.7 Å². The topological polar surface area (TPSA) is 101 Å². The lowest BCUT2D eigenvalue weighted by atomic mass is 10.1. The molecule has 7 heteroatoms. The van der Waals surface area contributed by atoms with Gasteiger partial charge in [0.1, 0.15) is 23.1 Å². The predicted molar refractivity (Wildman–Crippen MR) is 59.7 cm³/mol. The van der Waals surface area contributed by atoms with Crippen molar-refractivity contribution in [2.75, 3.05) is 5.32 Å². The van der Waals surface area contributed by atoms with Crippen LogP contribution in [-0.2, 0) is 4.79 Å². The van der Waals surface area contributed by atoms with E-state index in [0.29, 0.717) is 22.6 Å². The lowest BCUT2D eigenvalue weighted by Crippen LogP contribution is -2.40. The maximum Gasteiger partial charge on any atom is 0.328 e. The largest absolute Gasteiger partial charge is 0.480 e. The van der Waals surface area contributed by atoms with Crippen molar-refractivity contribution in [1.29, 1.82) is 0 Å². The van der Waals surface area contributed by atoms with E-state index in [1.165, 1.54) is 6.33 Å². The first kappa shape index (κ1) is 11.3. The fraction of sp³-hybridized carbons (Fsp3) is 0.400. The highest BCUT2D eigenvalue weighted by molar-refractivity contribution is 5.90. The summed E-state index contributed by atoms with van der Waals surface area (Å²) in [5.41, 5.74) is -0.184. The van der Waals surface area contributed by atoms with Crippen LogP contribution in [0.2, 0.25) is 0 Å². The van der Waals surface area contributed by atoms with Gasteiger partial charge in [0.05, 0.1) is 5.69 Å². The van der Waals surface area contributed by atoms with Gasteiger partial charge < -0.3 is 14.9 Å². The van der Waals surface area contributed by atoms with Gasteiger partial charge in [-0.3, -0.25) is 0 Å². The number of aryl methyl sites for hydroxylation is 1. The van der Waals surface area contributed by atoms with Gasteiger partial charge in [0.2, 0.25) is 0 Å². The first-order valence-electron chi connectivity index (χ1n) is 5.00. The minimum Gasteiger partial charge on any atom is -0.480 e. The third-order valence-corrected chi connectivity index (χ3v) is 2.41. The van der Waals surface area contributed by atoms with E-state index in [4.69, 9.17) is 9.63 Å².